The Morgan fingerprint density at radius 3 is 2.67 bits per heavy atom. The Morgan fingerprint density at radius 1 is 1.42 bits per heavy atom. The fourth-order valence-corrected chi connectivity index (χ4v) is 3.19. The van der Waals surface area contributed by atoms with E-state index >= 15 is 0 Å². The van der Waals surface area contributed by atoms with E-state index in [2.05, 4.69) is 25.6 Å². The molecule has 2 aromatic heterocycles. The monoisotopic (exact) mass is 416 g/mol. The van der Waals surface area contributed by atoms with Crippen molar-refractivity contribution in [1.82, 2.24) is 18.6 Å². The molecule has 2 heterocycles. The molecule has 0 saturated carbocycles. The Morgan fingerprint density at radius 2 is 2.08 bits per heavy atom. The second-order valence-corrected chi connectivity index (χ2v) is 8.85. The average molecular weight is 417 g/mol. The van der Waals surface area contributed by atoms with Gasteiger partial charge in [-0.2, -0.15) is 12.7 Å². The van der Waals surface area contributed by atoms with Gasteiger partial charge in [-0.15, -0.1) is 0 Å². The summed E-state index contributed by atoms with van der Waals surface area (Å²) in [4.78, 5) is 16.8. The van der Waals surface area contributed by atoms with E-state index in [-0.39, 0.29) is 18.2 Å². The van der Waals surface area contributed by atoms with Crippen LogP contribution in [0.25, 0.3) is 11.0 Å². The van der Waals surface area contributed by atoms with Crippen molar-refractivity contribution in [3.63, 3.8) is 0 Å². The summed E-state index contributed by atoms with van der Waals surface area (Å²) in [7, 11) is -0.548. The number of Topliss-reactive ketones (excluding diaryl/α,β-unsaturated/α-hetero) is 1. The Bertz CT molecular complexity index is 859. The molecule has 0 aliphatic heterocycles. The summed E-state index contributed by atoms with van der Waals surface area (Å²) >= 11 is 3.38. The minimum absolute atomic E-state index is 0.0347. The lowest BCUT2D eigenvalue weighted by Crippen LogP contribution is -2.37. The molecule has 0 aliphatic carbocycles. The maximum Gasteiger partial charge on any atom is 0.278 e. The van der Waals surface area contributed by atoms with E-state index in [4.69, 9.17) is 0 Å². The van der Waals surface area contributed by atoms with Crippen molar-refractivity contribution in [1.29, 1.82) is 0 Å². The van der Waals surface area contributed by atoms with Gasteiger partial charge in [0.25, 0.3) is 10.2 Å². The molecular weight excluding hydrogens is 396 g/mol. The summed E-state index contributed by atoms with van der Waals surface area (Å²) < 4.78 is 29.7. The second kappa shape index (κ2) is 7.30. The summed E-state index contributed by atoms with van der Waals surface area (Å²) in [6.07, 6.45) is 3.41. The number of carbonyl (C=O) groups excluding carboxylic acids is 1. The zero-order valence-electron chi connectivity index (χ0n) is 14.1. The van der Waals surface area contributed by atoms with Crippen LogP contribution in [0.4, 0.5) is 0 Å². The van der Waals surface area contributed by atoms with Gasteiger partial charge in [0.1, 0.15) is 5.65 Å². The van der Waals surface area contributed by atoms with Gasteiger partial charge in [-0.1, -0.05) is 13.8 Å². The third kappa shape index (κ3) is 4.02. The van der Waals surface area contributed by atoms with Gasteiger partial charge in [-0.3, -0.25) is 4.79 Å². The van der Waals surface area contributed by atoms with Crippen LogP contribution >= 0.6 is 15.9 Å². The normalized spacial score (nSPS) is 12.5. The van der Waals surface area contributed by atoms with Crippen LogP contribution in [0, 0.1) is 5.92 Å². The molecule has 0 spiro atoms. The van der Waals surface area contributed by atoms with Crippen LogP contribution in [0.1, 0.15) is 24.2 Å². The van der Waals surface area contributed by atoms with Crippen molar-refractivity contribution in [2.75, 3.05) is 20.6 Å². The van der Waals surface area contributed by atoms with E-state index in [1.807, 2.05) is 19.9 Å². The zero-order chi connectivity index (χ0) is 18.1. The number of nitrogens with zero attached hydrogens (tertiary/aromatic N) is 3. The summed E-state index contributed by atoms with van der Waals surface area (Å²) in [6, 6.07) is 1.86. The molecule has 2 rings (SSSR count). The average Bonchev–Trinajstić information content (AvgIpc) is 2.84. The van der Waals surface area contributed by atoms with Gasteiger partial charge in [-0.25, -0.2) is 9.71 Å². The van der Waals surface area contributed by atoms with Crippen molar-refractivity contribution in [3.05, 3.63) is 28.5 Å². The summed E-state index contributed by atoms with van der Waals surface area (Å²) in [5.74, 6) is -0.0946. The summed E-state index contributed by atoms with van der Waals surface area (Å²) in [5.41, 5.74) is 1.26. The minimum atomic E-state index is -3.48. The van der Waals surface area contributed by atoms with Gasteiger partial charge in [-0.05, 0) is 22.0 Å². The number of fused-ring (bicyclic) bond motifs is 1. The highest BCUT2D eigenvalue weighted by Crippen LogP contribution is 2.25. The molecule has 0 bridgehead atoms. The van der Waals surface area contributed by atoms with E-state index in [0.29, 0.717) is 17.8 Å². The van der Waals surface area contributed by atoms with Crippen molar-refractivity contribution in [2.24, 2.45) is 5.92 Å². The standard InChI is InChI=1S/C15H21BrN4O3S/c1-10(2)14(21)13-9-20(6-5-18-24(22,23)19(3)4)15-12(13)7-11(16)8-17-15/h7-10,18H,5-6H2,1-4H3. The van der Waals surface area contributed by atoms with Crippen molar-refractivity contribution in [2.45, 2.75) is 20.4 Å². The smallest absolute Gasteiger partial charge is 0.278 e. The summed E-state index contributed by atoms with van der Waals surface area (Å²) in [6.45, 7) is 4.28. The Hall–Kier alpha value is -1.29. The van der Waals surface area contributed by atoms with Crippen LogP contribution in [0.2, 0.25) is 0 Å². The predicted octanol–water partition coefficient (Wildman–Crippen LogP) is 2.03. The molecular formula is C15H21BrN4O3S. The third-order valence-electron chi connectivity index (χ3n) is 3.59. The zero-order valence-corrected chi connectivity index (χ0v) is 16.5. The quantitative estimate of drug-likeness (QED) is 0.699. The largest absolute Gasteiger partial charge is 0.330 e. The maximum atomic E-state index is 12.4. The number of ketones is 1. The van der Waals surface area contributed by atoms with E-state index < -0.39 is 10.2 Å². The molecule has 9 heteroatoms. The lowest BCUT2D eigenvalue weighted by atomic mass is 10.0. The number of pyridine rings is 1. The first-order chi connectivity index (χ1) is 11.1. The molecule has 0 aromatic carbocycles. The molecule has 0 saturated heterocycles. The molecule has 7 nitrogen and oxygen atoms in total. The van der Waals surface area contributed by atoms with Gasteiger partial charge in [0.05, 0.1) is 0 Å². The molecule has 2 aromatic rings. The summed E-state index contributed by atoms with van der Waals surface area (Å²) in [5, 5.41) is 0.763. The maximum absolute atomic E-state index is 12.4. The van der Waals surface area contributed by atoms with Crippen molar-refractivity contribution < 1.29 is 13.2 Å². The highest BCUT2D eigenvalue weighted by molar-refractivity contribution is 9.10. The molecule has 24 heavy (non-hydrogen) atoms. The van der Waals surface area contributed by atoms with Crippen LogP contribution in [-0.2, 0) is 16.8 Å². The van der Waals surface area contributed by atoms with Gasteiger partial charge < -0.3 is 4.57 Å². The van der Waals surface area contributed by atoms with Crippen LogP contribution in [-0.4, -0.2) is 48.7 Å². The number of halogens is 1. The number of hydrogen-bond donors (Lipinski definition) is 1. The lowest BCUT2D eigenvalue weighted by molar-refractivity contribution is 0.0941. The van der Waals surface area contributed by atoms with Crippen LogP contribution in [0.5, 0.6) is 0 Å². The number of hydrogen-bond acceptors (Lipinski definition) is 4. The van der Waals surface area contributed by atoms with Gasteiger partial charge in [0.2, 0.25) is 0 Å². The molecule has 0 aliphatic rings. The first kappa shape index (κ1) is 19.0. The first-order valence-corrected chi connectivity index (χ1v) is 9.72. The van der Waals surface area contributed by atoms with Crippen LogP contribution < -0.4 is 4.72 Å². The first-order valence-electron chi connectivity index (χ1n) is 7.49. The van der Waals surface area contributed by atoms with Gasteiger partial charge >= 0.3 is 0 Å². The Labute approximate surface area is 150 Å². The number of rotatable bonds is 7. The van der Waals surface area contributed by atoms with Crippen molar-refractivity contribution >= 4 is 43.0 Å². The highest BCUT2D eigenvalue weighted by Gasteiger charge is 2.19. The molecule has 0 atom stereocenters. The molecule has 0 amide bonds. The highest BCUT2D eigenvalue weighted by atomic mass is 79.9. The number of carbonyl (C=O) groups is 1. The molecule has 0 radical (unpaired) electrons. The Balaban J connectivity index is 2.33. The fourth-order valence-electron chi connectivity index (χ4n) is 2.25. The predicted molar refractivity (Wildman–Crippen MR) is 97.2 cm³/mol. The lowest BCUT2D eigenvalue weighted by Gasteiger charge is -2.12. The topological polar surface area (TPSA) is 84.3 Å². The van der Waals surface area contributed by atoms with Crippen molar-refractivity contribution in [3.8, 4) is 0 Å². The second-order valence-electron chi connectivity index (χ2n) is 5.96. The molecule has 0 unspecified atom stereocenters. The fraction of sp³-hybridized carbons (Fsp3) is 0.467. The minimum Gasteiger partial charge on any atom is -0.330 e. The van der Waals surface area contributed by atoms with Gasteiger partial charge in [0.15, 0.2) is 5.78 Å². The number of aromatic nitrogens is 2. The van der Waals surface area contributed by atoms with Crippen LogP contribution in [0.3, 0.4) is 0 Å². The SMILES string of the molecule is CC(C)C(=O)c1cn(CCNS(=O)(=O)N(C)C)c2ncc(Br)cc12. The molecule has 0 fully saturated rings. The number of nitrogens with one attached hydrogen (secondary N) is 1. The van der Waals surface area contributed by atoms with Crippen LogP contribution in [0.15, 0.2) is 22.9 Å². The van der Waals surface area contributed by atoms with E-state index in [1.54, 1.807) is 17.0 Å². The third-order valence-corrected chi connectivity index (χ3v) is 5.55. The molecule has 1 N–H and O–H groups in total. The molecule has 132 valence electrons. The van der Waals surface area contributed by atoms with Gasteiger partial charge in [0, 0.05) is 60.9 Å². The van der Waals surface area contributed by atoms with E-state index in [0.717, 1.165) is 14.2 Å². The van der Waals surface area contributed by atoms with E-state index in [1.165, 1.54) is 14.1 Å². The Kier molecular flexibility index (Phi) is 5.79. The van der Waals surface area contributed by atoms with E-state index in [9.17, 15) is 13.2 Å².